The minimum absolute atomic E-state index is 0.0768. The number of hydrogen-bond donors (Lipinski definition) is 3. The monoisotopic (exact) mass is 398 g/mol. The summed E-state index contributed by atoms with van der Waals surface area (Å²) in [5.74, 6) is 0.438. The molecular formula is C23H31FN4O. The van der Waals surface area contributed by atoms with E-state index in [0.29, 0.717) is 6.54 Å². The van der Waals surface area contributed by atoms with E-state index >= 15 is 0 Å². The molecule has 2 aromatic carbocycles. The quantitative estimate of drug-likeness (QED) is 0.467. The Balaban J connectivity index is 1.92. The van der Waals surface area contributed by atoms with E-state index in [9.17, 15) is 9.18 Å². The Morgan fingerprint density at radius 1 is 1.10 bits per heavy atom. The molecule has 0 spiro atoms. The van der Waals surface area contributed by atoms with E-state index < -0.39 is 0 Å². The summed E-state index contributed by atoms with van der Waals surface area (Å²) in [5.41, 5.74) is 2.62. The molecule has 0 heterocycles. The molecule has 0 saturated heterocycles. The van der Waals surface area contributed by atoms with Gasteiger partial charge in [0.05, 0.1) is 6.54 Å². The summed E-state index contributed by atoms with van der Waals surface area (Å²) < 4.78 is 13.6. The zero-order valence-electron chi connectivity index (χ0n) is 17.7. The summed E-state index contributed by atoms with van der Waals surface area (Å²) in [6.45, 7) is 9.67. The van der Waals surface area contributed by atoms with Gasteiger partial charge in [0.2, 0.25) is 5.91 Å². The van der Waals surface area contributed by atoms with Crippen LogP contribution in [0.1, 0.15) is 38.8 Å². The Hall–Kier alpha value is -2.89. The Morgan fingerprint density at radius 3 is 2.45 bits per heavy atom. The van der Waals surface area contributed by atoms with Crippen molar-refractivity contribution in [3.05, 3.63) is 65.5 Å². The van der Waals surface area contributed by atoms with Crippen LogP contribution >= 0.6 is 0 Å². The van der Waals surface area contributed by atoms with Crippen molar-refractivity contribution in [3.63, 3.8) is 0 Å². The van der Waals surface area contributed by atoms with Crippen molar-refractivity contribution < 1.29 is 9.18 Å². The van der Waals surface area contributed by atoms with Crippen molar-refractivity contribution in [3.8, 4) is 0 Å². The van der Waals surface area contributed by atoms with Gasteiger partial charge in [-0.25, -0.2) is 4.39 Å². The molecule has 0 aromatic heterocycles. The second-order valence-electron chi connectivity index (χ2n) is 7.64. The molecule has 0 bridgehead atoms. The highest BCUT2D eigenvalue weighted by atomic mass is 19.1. The van der Waals surface area contributed by atoms with Crippen LogP contribution in [0.15, 0.2) is 53.5 Å². The topological polar surface area (TPSA) is 65.5 Å². The minimum atomic E-state index is -0.274. The predicted molar refractivity (Wildman–Crippen MR) is 118 cm³/mol. The fourth-order valence-electron chi connectivity index (χ4n) is 2.90. The Labute approximate surface area is 172 Å². The highest BCUT2D eigenvalue weighted by Gasteiger charge is 2.21. The molecule has 0 aliphatic carbocycles. The molecule has 6 heteroatoms. The number of hydrogen-bond acceptors (Lipinski definition) is 2. The molecule has 5 nitrogen and oxygen atoms in total. The average molecular weight is 399 g/mol. The van der Waals surface area contributed by atoms with Crippen molar-refractivity contribution in [2.75, 3.05) is 25.0 Å². The number of carbonyl (C=O) groups is 1. The van der Waals surface area contributed by atoms with Crippen molar-refractivity contribution in [2.45, 2.75) is 39.5 Å². The first-order valence-electron chi connectivity index (χ1n) is 9.95. The van der Waals surface area contributed by atoms with Crippen LogP contribution in [0.25, 0.3) is 0 Å². The zero-order chi connectivity index (χ0) is 21.3. The Bertz CT molecular complexity index is 831. The molecular weight excluding hydrogens is 367 g/mol. The summed E-state index contributed by atoms with van der Waals surface area (Å²) in [6, 6.07) is 14.5. The zero-order valence-corrected chi connectivity index (χ0v) is 17.7. The van der Waals surface area contributed by atoms with E-state index in [0.717, 1.165) is 36.7 Å². The lowest BCUT2D eigenvalue weighted by Crippen LogP contribution is -2.39. The maximum absolute atomic E-state index is 13.6. The number of nitrogens with one attached hydrogen (secondary N) is 3. The van der Waals surface area contributed by atoms with Gasteiger partial charge in [0, 0.05) is 31.1 Å². The number of aliphatic imine (C=N–C) groups is 1. The van der Waals surface area contributed by atoms with Crippen LogP contribution < -0.4 is 16.0 Å². The molecule has 0 unspecified atom stereocenters. The second-order valence-corrected chi connectivity index (χ2v) is 7.64. The fourth-order valence-corrected chi connectivity index (χ4v) is 2.90. The lowest BCUT2D eigenvalue weighted by atomic mass is 9.85. The lowest BCUT2D eigenvalue weighted by Gasteiger charge is -2.24. The van der Waals surface area contributed by atoms with Crippen LogP contribution in [0.4, 0.5) is 10.1 Å². The molecule has 0 atom stereocenters. The summed E-state index contributed by atoms with van der Waals surface area (Å²) in [5, 5.41) is 9.36. The molecule has 2 aromatic rings. The first kappa shape index (κ1) is 22.4. The molecule has 0 saturated carbocycles. The predicted octanol–water partition coefficient (Wildman–Crippen LogP) is 3.86. The van der Waals surface area contributed by atoms with Crippen molar-refractivity contribution in [1.29, 1.82) is 0 Å². The largest absolute Gasteiger partial charge is 0.357 e. The first-order chi connectivity index (χ1) is 13.8. The van der Waals surface area contributed by atoms with Gasteiger partial charge in [0.25, 0.3) is 0 Å². The standard InChI is InChI=1S/C23H31FN4O/c1-5-25-22(27-16-23(3,4)19-7-6-8-20(24)15-19)26-14-13-18-9-11-21(12-10-18)28-17(2)29/h6-12,15H,5,13-14,16H2,1-4H3,(H,28,29)(H2,25,26,27). The van der Waals surface area contributed by atoms with Crippen LogP contribution in [-0.2, 0) is 16.6 Å². The van der Waals surface area contributed by atoms with Crippen LogP contribution in [0, 0.1) is 5.82 Å². The van der Waals surface area contributed by atoms with Gasteiger partial charge < -0.3 is 16.0 Å². The number of anilines is 1. The van der Waals surface area contributed by atoms with E-state index in [4.69, 9.17) is 4.99 Å². The van der Waals surface area contributed by atoms with Gasteiger partial charge in [-0.1, -0.05) is 38.1 Å². The maximum Gasteiger partial charge on any atom is 0.221 e. The van der Waals surface area contributed by atoms with Crippen LogP contribution in [0.5, 0.6) is 0 Å². The van der Waals surface area contributed by atoms with Crippen molar-refractivity contribution in [1.82, 2.24) is 10.6 Å². The summed E-state index contributed by atoms with van der Waals surface area (Å²) in [4.78, 5) is 15.8. The van der Waals surface area contributed by atoms with E-state index in [-0.39, 0.29) is 17.1 Å². The van der Waals surface area contributed by atoms with E-state index in [1.54, 1.807) is 12.1 Å². The van der Waals surface area contributed by atoms with Gasteiger partial charge in [0.1, 0.15) is 5.82 Å². The van der Waals surface area contributed by atoms with Crippen LogP contribution in [0.2, 0.25) is 0 Å². The molecule has 0 aliphatic rings. The molecule has 0 radical (unpaired) electrons. The second kappa shape index (κ2) is 10.6. The average Bonchev–Trinajstić information content (AvgIpc) is 2.67. The van der Waals surface area contributed by atoms with E-state index in [2.05, 4.69) is 29.8 Å². The molecule has 2 rings (SSSR count). The fraction of sp³-hybridized carbons (Fsp3) is 0.391. The van der Waals surface area contributed by atoms with Crippen LogP contribution in [-0.4, -0.2) is 31.5 Å². The number of halogens is 1. The van der Waals surface area contributed by atoms with Crippen LogP contribution in [0.3, 0.4) is 0 Å². The smallest absolute Gasteiger partial charge is 0.221 e. The van der Waals surface area contributed by atoms with Gasteiger partial charge in [-0.15, -0.1) is 0 Å². The van der Waals surface area contributed by atoms with Gasteiger partial charge in [-0.05, 0) is 48.7 Å². The van der Waals surface area contributed by atoms with E-state index in [1.807, 2.05) is 37.3 Å². The molecule has 29 heavy (non-hydrogen) atoms. The first-order valence-corrected chi connectivity index (χ1v) is 9.95. The molecule has 156 valence electrons. The van der Waals surface area contributed by atoms with Crippen molar-refractivity contribution in [2.24, 2.45) is 4.99 Å². The summed E-state index contributed by atoms with van der Waals surface area (Å²) >= 11 is 0. The number of guanidine groups is 1. The normalized spacial score (nSPS) is 11.8. The molecule has 0 aliphatic heterocycles. The third-order valence-electron chi connectivity index (χ3n) is 4.56. The maximum atomic E-state index is 13.6. The molecule has 0 fully saturated rings. The SMILES string of the molecule is CCNC(=NCC(C)(C)c1cccc(F)c1)NCCc1ccc(NC(C)=O)cc1. The number of nitrogens with zero attached hydrogens (tertiary/aromatic N) is 1. The summed E-state index contributed by atoms with van der Waals surface area (Å²) in [7, 11) is 0. The number of benzene rings is 2. The molecule has 1 amide bonds. The van der Waals surface area contributed by atoms with Gasteiger partial charge in [-0.3, -0.25) is 9.79 Å². The number of rotatable bonds is 8. The van der Waals surface area contributed by atoms with E-state index in [1.165, 1.54) is 18.6 Å². The highest BCUT2D eigenvalue weighted by Crippen LogP contribution is 2.24. The third kappa shape index (κ3) is 7.56. The highest BCUT2D eigenvalue weighted by molar-refractivity contribution is 5.88. The number of amides is 1. The minimum Gasteiger partial charge on any atom is -0.357 e. The lowest BCUT2D eigenvalue weighted by molar-refractivity contribution is -0.114. The van der Waals surface area contributed by atoms with Crippen molar-refractivity contribution >= 4 is 17.6 Å². The third-order valence-corrected chi connectivity index (χ3v) is 4.56. The number of carbonyl (C=O) groups excluding carboxylic acids is 1. The van der Waals surface area contributed by atoms with Gasteiger partial charge in [0.15, 0.2) is 5.96 Å². The Morgan fingerprint density at radius 2 is 1.83 bits per heavy atom. The van der Waals surface area contributed by atoms with Gasteiger partial charge >= 0.3 is 0 Å². The summed E-state index contributed by atoms with van der Waals surface area (Å²) in [6.07, 6.45) is 0.831. The molecule has 3 N–H and O–H groups in total. The van der Waals surface area contributed by atoms with Gasteiger partial charge in [-0.2, -0.15) is 0 Å². The Kier molecular flexibility index (Phi) is 8.19.